The highest BCUT2D eigenvalue weighted by molar-refractivity contribution is 6.28. The summed E-state index contributed by atoms with van der Waals surface area (Å²) in [6.45, 7) is 0.648. The van der Waals surface area contributed by atoms with E-state index >= 15 is 0 Å². The third-order valence-corrected chi connectivity index (χ3v) is 4.68. The fourth-order valence-electron chi connectivity index (χ4n) is 3.52. The van der Waals surface area contributed by atoms with E-state index in [1.54, 1.807) is 24.3 Å². The zero-order valence-corrected chi connectivity index (χ0v) is 13.0. The Balaban J connectivity index is 2.10. The van der Waals surface area contributed by atoms with Gasteiger partial charge >= 0.3 is 5.97 Å². The molecule has 7 nitrogen and oxygen atoms in total. The Bertz CT molecular complexity index is 747. The van der Waals surface area contributed by atoms with Crippen molar-refractivity contribution in [2.75, 3.05) is 19.6 Å². The number of amides is 1. The number of nitrogens with one attached hydrogen (secondary N) is 2. The Morgan fingerprint density at radius 3 is 2.54 bits per heavy atom. The second-order valence-corrected chi connectivity index (χ2v) is 6.01. The van der Waals surface area contributed by atoms with Gasteiger partial charge in [-0.25, -0.2) is 0 Å². The van der Waals surface area contributed by atoms with Gasteiger partial charge in [0.25, 0.3) is 5.91 Å². The number of aliphatic hydroxyl groups is 1. The zero-order valence-electron chi connectivity index (χ0n) is 13.0. The van der Waals surface area contributed by atoms with Gasteiger partial charge in [0.1, 0.15) is 17.9 Å². The van der Waals surface area contributed by atoms with Gasteiger partial charge in [-0.05, 0) is 31.5 Å². The minimum atomic E-state index is -1.22. The number of carboxylic acid groups (broad SMARTS) is 1. The molecule has 0 unspecified atom stereocenters. The molecule has 1 fully saturated rings. The van der Waals surface area contributed by atoms with E-state index < -0.39 is 29.6 Å². The first-order valence-corrected chi connectivity index (χ1v) is 7.76. The number of benzene rings is 1. The normalized spacial score (nSPS) is 19.1. The maximum Gasteiger partial charge on any atom is 0.322 e. The standard InChI is InChI=1S/C17H18N2O5/c20-12(21)9-19-16(24)13-14(22)10-3-1-2-4-11(10)17(15(13)23)5-7-18-8-6-17/h1-4,18,22H,5-9H2,(H,19,24)(H,20,21). The molecule has 0 saturated carbocycles. The summed E-state index contributed by atoms with van der Waals surface area (Å²) in [6.07, 6.45) is 1.04. The van der Waals surface area contributed by atoms with Crippen LogP contribution in [0.4, 0.5) is 0 Å². The van der Waals surface area contributed by atoms with E-state index in [2.05, 4.69) is 10.6 Å². The predicted molar refractivity (Wildman–Crippen MR) is 85.4 cm³/mol. The Morgan fingerprint density at radius 1 is 1.21 bits per heavy atom. The third-order valence-electron chi connectivity index (χ3n) is 4.68. The molecule has 0 radical (unpaired) electrons. The molecular formula is C17H18N2O5. The lowest BCUT2D eigenvalue weighted by atomic mass is 9.63. The van der Waals surface area contributed by atoms with E-state index in [1.807, 2.05) is 0 Å². The summed E-state index contributed by atoms with van der Waals surface area (Å²) in [5, 5.41) is 24.5. The Labute approximate surface area is 138 Å². The fraction of sp³-hybridized carbons (Fsp3) is 0.353. The lowest BCUT2D eigenvalue weighted by Gasteiger charge is -2.40. The molecule has 0 bridgehead atoms. The van der Waals surface area contributed by atoms with Crippen LogP contribution in [0.2, 0.25) is 0 Å². The molecule has 4 N–H and O–H groups in total. The van der Waals surface area contributed by atoms with Crippen molar-refractivity contribution in [3.05, 3.63) is 41.0 Å². The first kappa shape index (κ1) is 16.2. The second-order valence-electron chi connectivity index (χ2n) is 6.01. The third kappa shape index (κ3) is 2.46. The molecule has 3 rings (SSSR count). The van der Waals surface area contributed by atoms with E-state index in [-0.39, 0.29) is 11.3 Å². The summed E-state index contributed by atoms with van der Waals surface area (Å²) >= 11 is 0. The number of carbonyl (C=O) groups is 3. The number of ketones is 1. The summed E-state index contributed by atoms with van der Waals surface area (Å²) in [6, 6.07) is 7.01. The van der Waals surface area contributed by atoms with Crippen LogP contribution < -0.4 is 10.6 Å². The van der Waals surface area contributed by atoms with Crippen LogP contribution in [0.5, 0.6) is 0 Å². The molecule has 0 atom stereocenters. The summed E-state index contributed by atoms with van der Waals surface area (Å²) in [5.41, 5.74) is -0.0237. The Morgan fingerprint density at radius 2 is 1.88 bits per heavy atom. The predicted octanol–water partition coefficient (Wildman–Crippen LogP) is 0.360. The van der Waals surface area contributed by atoms with Gasteiger partial charge in [-0.3, -0.25) is 14.4 Å². The van der Waals surface area contributed by atoms with Crippen LogP contribution in [0.15, 0.2) is 29.8 Å². The average Bonchev–Trinajstić information content (AvgIpc) is 2.59. The van der Waals surface area contributed by atoms with Gasteiger partial charge in [0.2, 0.25) is 0 Å². The van der Waals surface area contributed by atoms with Crippen molar-refractivity contribution in [2.24, 2.45) is 0 Å². The second kappa shape index (κ2) is 6.09. The van der Waals surface area contributed by atoms with Gasteiger partial charge in [0.05, 0.1) is 5.41 Å². The molecule has 1 aromatic carbocycles. The van der Waals surface area contributed by atoms with Gasteiger partial charge < -0.3 is 20.8 Å². The molecule has 1 saturated heterocycles. The van der Waals surface area contributed by atoms with Crippen molar-refractivity contribution < 1.29 is 24.6 Å². The first-order chi connectivity index (χ1) is 11.5. The quantitative estimate of drug-likeness (QED) is 0.595. The minimum absolute atomic E-state index is 0.350. The highest BCUT2D eigenvalue weighted by atomic mass is 16.4. The number of hydrogen-bond donors (Lipinski definition) is 4. The van der Waals surface area contributed by atoms with Crippen molar-refractivity contribution in [3.63, 3.8) is 0 Å². The summed E-state index contributed by atoms with van der Waals surface area (Å²) in [7, 11) is 0. The first-order valence-electron chi connectivity index (χ1n) is 7.76. The molecular weight excluding hydrogens is 312 g/mol. The number of hydrogen-bond acceptors (Lipinski definition) is 5. The van der Waals surface area contributed by atoms with Crippen LogP contribution in [0.25, 0.3) is 5.76 Å². The van der Waals surface area contributed by atoms with Crippen LogP contribution in [0.3, 0.4) is 0 Å². The van der Waals surface area contributed by atoms with E-state index in [0.717, 1.165) is 5.56 Å². The number of piperidine rings is 1. The number of Topliss-reactive ketones (excluding diaryl/α,β-unsaturated/α-hetero) is 1. The summed E-state index contributed by atoms with van der Waals surface area (Å²) < 4.78 is 0. The molecule has 1 aliphatic heterocycles. The number of fused-ring (bicyclic) bond motifs is 2. The molecule has 0 aromatic heterocycles. The number of rotatable bonds is 3. The highest BCUT2D eigenvalue weighted by Gasteiger charge is 2.49. The van der Waals surface area contributed by atoms with Crippen molar-refractivity contribution in [1.82, 2.24) is 10.6 Å². The van der Waals surface area contributed by atoms with Crippen molar-refractivity contribution in [3.8, 4) is 0 Å². The number of carboxylic acids is 1. The van der Waals surface area contributed by atoms with E-state index in [9.17, 15) is 19.5 Å². The molecule has 1 spiro atoms. The molecule has 126 valence electrons. The summed E-state index contributed by atoms with van der Waals surface area (Å²) in [5.74, 6) is -2.90. The molecule has 1 amide bonds. The van der Waals surface area contributed by atoms with Crippen LogP contribution in [0.1, 0.15) is 24.0 Å². The van der Waals surface area contributed by atoms with Crippen LogP contribution in [-0.4, -0.2) is 47.5 Å². The molecule has 1 heterocycles. The molecule has 2 aliphatic rings. The number of aliphatic carboxylic acids is 1. The van der Waals surface area contributed by atoms with Crippen molar-refractivity contribution >= 4 is 23.4 Å². The lowest BCUT2D eigenvalue weighted by Crippen LogP contribution is -2.50. The van der Waals surface area contributed by atoms with Crippen LogP contribution in [-0.2, 0) is 19.8 Å². The molecule has 1 aliphatic carbocycles. The lowest BCUT2D eigenvalue weighted by molar-refractivity contribution is -0.138. The largest absolute Gasteiger partial charge is 0.506 e. The zero-order chi connectivity index (χ0) is 17.3. The smallest absolute Gasteiger partial charge is 0.322 e. The van der Waals surface area contributed by atoms with Crippen LogP contribution >= 0.6 is 0 Å². The number of carbonyl (C=O) groups excluding carboxylic acids is 2. The van der Waals surface area contributed by atoms with Crippen molar-refractivity contribution in [2.45, 2.75) is 18.3 Å². The van der Waals surface area contributed by atoms with Crippen LogP contribution in [0, 0.1) is 0 Å². The highest BCUT2D eigenvalue weighted by Crippen LogP contribution is 2.44. The molecule has 24 heavy (non-hydrogen) atoms. The van der Waals surface area contributed by atoms with Gasteiger partial charge in [-0.2, -0.15) is 0 Å². The van der Waals surface area contributed by atoms with E-state index in [4.69, 9.17) is 5.11 Å². The monoisotopic (exact) mass is 330 g/mol. The fourth-order valence-corrected chi connectivity index (χ4v) is 3.52. The minimum Gasteiger partial charge on any atom is -0.506 e. The van der Waals surface area contributed by atoms with Gasteiger partial charge in [0.15, 0.2) is 5.78 Å². The van der Waals surface area contributed by atoms with Gasteiger partial charge in [-0.15, -0.1) is 0 Å². The maximum absolute atomic E-state index is 13.1. The van der Waals surface area contributed by atoms with Gasteiger partial charge in [0, 0.05) is 5.56 Å². The van der Waals surface area contributed by atoms with Gasteiger partial charge in [-0.1, -0.05) is 24.3 Å². The average molecular weight is 330 g/mol. The van der Waals surface area contributed by atoms with Crippen molar-refractivity contribution in [1.29, 1.82) is 0 Å². The van der Waals surface area contributed by atoms with E-state index in [1.165, 1.54) is 0 Å². The van der Waals surface area contributed by atoms with E-state index in [0.29, 0.717) is 31.5 Å². The SMILES string of the molecule is O=C(O)CNC(=O)C1=C(O)c2ccccc2C2(CCNCC2)C1=O. The Hall–Kier alpha value is -2.67. The molecule has 7 heteroatoms. The maximum atomic E-state index is 13.1. The molecule has 1 aromatic rings. The summed E-state index contributed by atoms with van der Waals surface area (Å²) in [4.78, 5) is 36.1. The topological polar surface area (TPSA) is 116 Å². The number of aliphatic hydroxyl groups excluding tert-OH is 1. The Kier molecular flexibility index (Phi) is 4.11.